The Morgan fingerprint density at radius 3 is 2.56 bits per heavy atom. The normalized spacial score (nSPS) is 36.0. The van der Waals surface area contributed by atoms with Crippen molar-refractivity contribution in [2.45, 2.75) is 71.3 Å². The minimum Gasteiger partial charge on any atom is -0.497 e. The summed E-state index contributed by atoms with van der Waals surface area (Å²) in [5.41, 5.74) is 3.25. The Labute approximate surface area is 153 Å². The third-order valence-electron chi connectivity index (χ3n) is 7.22. The van der Waals surface area contributed by atoms with Gasteiger partial charge in [0, 0.05) is 0 Å². The molecular formula is C23H34O2. The lowest BCUT2D eigenvalue weighted by Gasteiger charge is -2.50. The molecule has 1 aromatic carbocycles. The lowest BCUT2D eigenvalue weighted by atomic mass is 9.55. The fourth-order valence-corrected chi connectivity index (χ4v) is 5.66. The van der Waals surface area contributed by atoms with Crippen LogP contribution in [0.5, 0.6) is 5.75 Å². The Hall–Kier alpha value is -1.28. The number of rotatable bonds is 1. The van der Waals surface area contributed by atoms with Gasteiger partial charge in [-0.05, 0) is 98.8 Å². The molecule has 138 valence electrons. The standard InChI is InChI=1S/C19H26O2.C4H8/c1-19-10-9-15-14-6-4-13(21-2)11-12(14)3-5-16(15)17(19)7-8-18(19)20;1-3-4-2/h4,6,11,15-18,20H,3,5,7-10H2,1-2H3;3-4H,1-2H3/b;4-3+. The maximum absolute atomic E-state index is 10.4. The molecule has 5 unspecified atom stereocenters. The summed E-state index contributed by atoms with van der Waals surface area (Å²) < 4.78 is 5.38. The molecule has 2 heteroatoms. The van der Waals surface area contributed by atoms with Crippen molar-refractivity contribution in [3.63, 3.8) is 0 Å². The molecule has 0 radical (unpaired) electrons. The molecule has 25 heavy (non-hydrogen) atoms. The predicted molar refractivity (Wildman–Crippen MR) is 104 cm³/mol. The summed E-state index contributed by atoms with van der Waals surface area (Å²) in [7, 11) is 1.75. The quantitative estimate of drug-likeness (QED) is 0.683. The molecule has 0 amide bonds. The van der Waals surface area contributed by atoms with Gasteiger partial charge in [0.25, 0.3) is 0 Å². The maximum atomic E-state index is 10.4. The second kappa shape index (κ2) is 7.53. The third kappa shape index (κ3) is 3.26. The smallest absolute Gasteiger partial charge is 0.119 e. The number of aliphatic hydroxyl groups is 1. The first-order valence-electron chi connectivity index (χ1n) is 9.97. The number of hydrogen-bond acceptors (Lipinski definition) is 2. The van der Waals surface area contributed by atoms with Gasteiger partial charge in [-0.3, -0.25) is 0 Å². The van der Waals surface area contributed by atoms with Crippen LogP contribution in [0.4, 0.5) is 0 Å². The highest BCUT2D eigenvalue weighted by Crippen LogP contribution is 2.60. The summed E-state index contributed by atoms with van der Waals surface area (Å²) in [6.07, 6.45) is 11.1. The molecule has 1 aromatic rings. The first-order chi connectivity index (χ1) is 12.0. The molecule has 2 saturated carbocycles. The monoisotopic (exact) mass is 342 g/mol. The minimum atomic E-state index is -0.0688. The van der Waals surface area contributed by atoms with E-state index in [0.29, 0.717) is 5.92 Å². The number of allylic oxidation sites excluding steroid dienone is 2. The second-order valence-electron chi connectivity index (χ2n) is 8.28. The molecule has 2 nitrogen and oxygen atoms in total. The van der Waals surface area contributed by atoms with Gasteiger partial charge in [-0.25, -0.2) is 0 Å². The molecule has 0 aliphatic heterocycles. The summed E-state index contributed by atoms with van der Waals surface area (Å²) in [5.74, 6) is 3.20. The van der Waals surface area contributed by atoms with Crippen LogP contribution in [0.15, 0.2) is 30.4 Å². The largest absolute Gasteiger partial charge is 0.497 e. The van der Waals surface area contributed by atoms with Crippen LogP contribution in [0.1, 0.15) is 69.9 Å². The van der Waals surface area contributed by atoms with Gasteiger partial charge in [0.15, 0.2) is 0 Å². The Balaban J connectivity index is 0.000000415. The van der Waals surface area contributed by atoms with E-state index in [1.54, 1.807) is 12.7 Å². The molecule has 0 bridgehead atoms. The lowest BCUT2D eigenvalue weighted by molar-refractivity contribution is -0.0226. The number of methoxy groups -OCH3 is 1. The topological polar surface area (TPSA) is 29.5 Å². The van der Waals surface area contributed by atoms with Crippen molar-refractivity contribution in [3.8, 4) is 5.75 Å². The fraction of sp³-hybridized carbons (Fsp3) is 0.652. The summed E-state index contributed by atoms with van der Waals surface area (Å²) in [4.78, 5) is 0. The maximum Gasteiger partial charge on any atom is 0.119 e. The van der Waals surface area contributed by atoms with Crippen molar-refractivity contribution in [2.75, 3.05) is 7.11 Å². The van der Waals surface area contributed by atoms with Crippen LogP contribution in [0.3, 0.4) is 0 Å². The van der Waals surface area contributed by atoms with Crippen LogP contribution >= 0.6 is 0 Å². The zero-order chi connectivity index (χ0) is 18.0. The van der Waals surface area contributed by atoms with Gasteiger partial charge >= 0.3 is 0 Å². The van der Waals surface area contributed by atoms with E-state index in [2.05, 4.69) is 25.1 Å². The van der Waals surface area contributed by atoms with Gasteiger partial charge in [0.05, 0.1) is 13.2 Å². The Morgan fingerprint density at radius 1 is 1.12 bits per heavy atom. The van der Waals surface area contributed by atoms with Gasteiger partial charge in [0.1, 0.15) is 5.75 Å². The zero-order valence-corrected chi connectivity index (χ0v) is 16.3. The molecular weight excluding hydrogens is 308 g/mol. The summed E-state index contributed by atoms with van der Waals surface area (Å²) in [6, 6.07) is 6.67. The summed E-state index contributed by atoms with van der Waals surface area (Å²) in [6.45, 7) is 6.34. The highest BCUT2D eigenvalue weighted by molar-refractivity contribution is 5.40. The molecule has 4 rings (SSSR count). The Bertz CT molecular complexity index is 617. The van der Waals surface area contributed by atoms with E-state index in [4.69, 9.17) is 4.74 Å². The van der Waals surface area contributed by atoms with Crippen molar-refractivity contribution in [1.82, 2.24) is 0 Å². The van der Waals surface area contributed by atoms with E-state index in [-0.39, 0.29) is 11.5 Å². The Kier molecular flexibility index (Phi) is 5.58. The molecule has 5 atom stereocenters. The van der Waals surface area contributed by atoms with Crippen molar-refractivity contribution in [2.24, 2.45) is 17.3 Å². The van der Waals surface area contributed by atoms with Crippen LogP contribution < -0.4 is 4.74 Å². The first kappa shape index (κ1) is 18.5. The second-order valence-corrected chi connectivity index (χ2v) is 8.28. The molecule has 0 aromatic heterocycles. The zero-order valence-electron chi connectivity index (χ0n) is 16.3. The SMILES string of the molecule is C/C=C/C.COc1ccc2c(c1)CCC1C2CCC2(C)C(O)CCC12. The number of fused-ring (bicyclic) bond motifs is 5. The number of benzene rings is 1. The van der Waals surface area contributed by atoms with Crippen LogP contribution in [-0.4, -0.2) is 18.3 Å². The fourth-order valence-electron chi connectivity index (χ4n) is 5.66. The van der Waals surface area contributed by atoms with Gasteiger partial charge in [-0.15, -0.1) is 0 Å². The van der Waals surface area contributed by atoms with Crippen molar-refractivity contribution < 1.29 is 9.84 Å². The number of ether oxygens (including phenoxy) is 1. The molecule has 2 fully saturated rings. The van der Waals surface area contributed by atoms with Crippen LogP contribution in [0.2, 0.25) is 0 Å². The van der Waals surface area contributed by atoms with Gasteiger partial charge in [-0.1, -0.05) is 25.1 Å². The predicted octanol–water partition coefficient (Wildman–Crippen LogP) is 5.49. The number of aryl methyl sites for hydroxylation is 1. The van der Waals surface area contributed by atoms with Crippen LogP contribution in [0.25, 0.3) is 0 Å². The molecule has 0 saturated heterocycles. The van der Waals surface area contributed by atoms with Gasteiger partial charge < -0.3 is 9.84 Å². The summed E-state index contributed by atoms with van der Waals surface area (Å²) in [5, 5.41) is 10.4. The van der Waals surface area contributed by atoms with Crippen LogP contribution in [-0.2, 0) is 6.42 Å². The van der Waals surface area contributed by atoms with E-state index in [1.165, 1.54) is 37.7 Å². The van der Waals surface area contributed by atoms with Gasteiger partial charge in [-0.2, -0.15) is 0 Å². The number of aliphatic hydroxyl groups excluding tert-OH is 1. The van der Waals surface area contributed by atoms with E-state index in [9.17, 15) is 5.11 Å². The summed E-state index contributed by atoms with van der Waals surface area (Å²) >= 11 is 0. The van der Waals surface area contributed by atoms with Crippen molar-refractivity contribution in [3.05, 3.63) is 41.5 Å². The average Bonchev–Trinajstić information content (AvgIpc) is 2.96. The van der Waals surface area contributed by atoms with E-state index in [1.807, 2.05) is 26.0 Å². The van der Waals surface area contributed by atoms with E-state index < -0.39 is 0 Å². The molecule has 1 N–H and O–H groups in total. The van der Waals surface area contributed by atoms with Crippen molar-refractivity contribution >= 4 is 0 Å². The van der Waals surface area contributed by atoms with Crippen molar-refractivity contribution in [1.29, 1.82) is 0 Å². The highest BCUT2D eigenvalue weighted by atomic mass is 16.5. The van der Waals surface area contributed by atoms with Crippen LogP contribution in [0, 0.1) is 17.3 Å². The Morgan fingerprint density at radius 2 is 1.88 bits per heavy atom. The highest BCUT2D eigenvalue weighted by Gasteiger charge is 2.54. The number of hydrogen-bond donors (Lipinski definition) is 1. The molecule has 3 aliphatic rings. The minimum absolute atomic E-state index is 0.0688. The van der Waals surface area contributed by atoms with Gasteiger partial charge in [0.2, 0.25) is 0 Å². The van der Waals surface area contributed by atoms with E-state index in [0.717, 1.165) is 24.0 Å². The average molecular weight is 343 g/mol. The van der Waals surface area contributed by atoms with E-state index >= 15 is 0 Å². The molecule has 3 aliphatic carbocycles. The molecule has 0 heterocycles. The third-order valence-corrected chi connectivity index (χ3v) is 7.22. The lowest BCUT2D eigenvalue weighted by Crippen LogP contribution is -2.43. The first-order valence-corrected chi connectivity index (χ1v) is 9.97. The molecule has 0 spiro atoms.